The summed E-state index contributed by atoms with van der Waals surface area (Å²) in [6.07, 6.45) is 4.05. The van der Waals surface area contributed by atoms with Crippen molar-refractivity contribution in [3.05, 3.63) is 17.1 Å². The molecular formula is C14H24N2O3S. The molecule has 0 bridgehead atoms. The van der Waals surface area contributed by atoms with Crippen LogP contribution in [0, 0.1) is 13.8 Å². The Hall–Kier alpha value is -0.850. The van der Waals surface area contributed by atoms with Gasteiger partial charge in [-0.1, -0.05) is 19.8 Å². The van der Waals surface area contributed by atoms with Gasteiger partial charge in [-0.05, 0) is 33.2 Å². The second-order valence-corrected chi connectivity index (χ2v) is 7.06. The molecule has 0 atom stereocenters. The highest BCUT2D eigenvalue weighted by Crippen LogP contribution is 2.28. The monoisotopic (exact) mass is 300 g/mol. The lowest BCUT2D eigenvalue weighted by Crippen LogP contribution is -2.33. The van der Waals surface area contributed by atoms with Gasteiger partial charge >= 0.3 is 0 Å². The van der Waals surface area contributed by atoms with Gasteiger partial charge < -0.3 is 9.73 Å². The number of sulfonamides is 1. The van der Waals surface area contributed by atoms with Crippen LogP contribution in [0.1, 0.15) is 49.7 Å². The van der Waals surface area contributed by atoms with E-state index in [9.17, 15) is 8.42 Å². The molecule has 2 N–H and O–H groups in total. The minimum absolute atomic E-state index is 0.0709. The van der Waals surface area contributed by atoms with Crippen molar-refractivity contribution in [1.82, 2.24) is 10.0 Å². The van der Waals surface area contributed by atoms with Gasteiger partial charge in [0.2, 0.25) is 10.0 Å². The molecule has 0 radical (unpaired) electrons. The molecule has 6 heteroatoms. The van der Waals surface area contributed by atoms with Crippen LogP contribution in [0.25, 0.3) is 0 Å². The average Bonchev–Trinajstić information content (AvgIpc) is 2.94. The summed E-state index contributed by atoms with van der Waals surface area (Å²) in [5.74, 6) is 1.15. The Labute approximate surface area is 121 Å². The first-order valence-corrected chi connectivity index (χ1v) is 8.76. The van der Waals surface area contributed by atoms with Crippen LogP contribution in [0.3, 0.4) is 0 Å². The summed E-state index contributed by atoms with van der Waals surface area (Å²) in [4.78, 5) is 0.322. The Kier molecular flexibility index (Phi) is 4.88. The second kappa shape index (κ2) is 6.28. The first-order valence-electron chi connectivity index (χ1n) is 7.27. The van der Waals surface area contributed by atoms with E-state index >= 15 is 0 Å². The highest BCUT2D eigenvalue weighted by Gasteiger charge is 2.29. The van der Waals surface area contributed by atoms with E-state index in [1.54, 1.807) is 6.92 Å². The Bertz CT molecular complexity index is 557. The third kappa shape index (κ3) is 3.24. The van der Waals surface area contributed by atoms with Crippen LogP contribution in [-0.4, -0.2) is 21.0 Å². The van der Waals surface area contributed by atoms with Crippen LogP contribution in [0.2, 0.25) is 0 Å². The van der Waals surface area contributed by atoms with Gasteiger partial charge in [0.15, 0.2) is 0 Å². The Balaban J connectivity index is 2.29. The van der Waals surface area contributed by atoms with Crippen molar-refractivity contribution >= 4 is 10.0 Å². The van der Waals surface area contributed by atoms with Gasteiger partial charge in [-0.15, -0.1) is 0 Å². The first-order chi connectivity index (χ1) is 9.45. The van der Waals surface area contributed by atoms with Gasteiger partial charge in [-0.3, -0.25) is 0 Å². The molecular weight excluding hydrogens is 276 g/mol. The topological polar surface area (TPSA) is 71.3 Å². The molecule has 0 saturated heterocycles. The number of hydrogen-bond acceptors (Lipinski definition) is 4. The number of furan rings is 1. The molecule has 1 aromatic heterocycles. The molecule has 0 aromatic carbocycles. The maximum absolute atomic E-state index is 12.6. The van der Waals surface area contributed by atoms with Crippen LogP contribution in [0.5, 0.6) is 0 Å². The molecule has 5 nitrogen and oxygen atoms in total. The van der Waals surface area contributed by atoms with Gasteiger partial charge in [0.05, 0.1) is 0 Å². The highest BCUT2D eigenvalue weighted by atomic mass is 32.2. The summed E-state index contributed by atoms with van der Waals surface area (Å²) in [5.41, 5.74) is 0.745. The van der Waals surface area contributed by atoms with E-state index in [2.05, 4.69) is 10.0 Å². The predicted molar refractivity (Wildman–Crippen MR) is 78.1 cm³/mol. The van der Waals surface area contributed by atoms with Gasteiger partial charge in [0.1, 0.15) is 16.4 Å². The van der Waals surface area contributed by atoms with Crippen LogP contribution >= 0.6 is 0 Å². The predicted octanol–water partition coefficient (Wildman–Crippen LogP) is 2.23. The third-order valence-electron chi connectivity index (χ3n) is 3.82. The molecule has 20 heavy (non-hydrogen) atoms. The summed E-state index contributed by atoms with van der Waals surface area (Å²) < 4.78 is 33.6. The zero-order chi connectivity index (χ0) is 14.8. The maximum atomic E-state index is 12.6. The SMILES string of the molecule is CCNCc1c(C)oc(C)c1S(=O)(=O)NC1CCCC1. The van der Waals surface area contributed by atoms with Crippen molar-refractivity contribution in [1.29, 1.82) is 0 Å². The van der Waals surface area contributed by atoms with Crippen LogP contribution in [-0.2, 0) is 16.6 Å². The molecule has 1 fully saturated rings. The molecule has 0 unspecified atom stereocenters. The molecule has 1 heterocycles. The number of nitrogens with one attached hydrogen (secondary N) is 2. The normalized spacial score (nSPS) is 16.9. The standard InChI is InChI=1S/C14H24N2O3S/c1-4-15-9-13-10(2)19-11(3)14(13)20(17,18)16-12-7-5-6-8-12/h12,15-16H,4-9H2,1-3H3. The summed E-state index contributed by atoms with van der Waals surface area (Å²) in [6.45, 7) is 6.83. The highest BCUT2D eigenvalue weighted by molar-refractivity contribution is 7.89. The van der Waals surface area contributed by atoms with E-state index in [0.717, 1.165) is 37.8 Å². The summed E-state index contributed by atoms with van der Waals surface area (Å²) in [5, 5.41) is 3.17. The number of rotatable bonds is 6. The molecule has 1 saturated carbocycles. The van der Waals surface area contributed by atoms with Crippen molar-refractivity contribution in [3.8, 4) is 0 Å². The smallest absolute Gasteiger partial charge is 0.244 e. The summed E-state index contributed by atoms with van der Waals surface area (Å²) >= 11 is 0. The van der Waals surface area contributed by atoms with E-state index in [4.69, 9.17) is 4.42 Å². The second-order valence-electron chi connectivity index (χ2n) is 5.41. The van der Waals surface area contributed by atoms with Gasteiger partial charge in [-0.25, -0.2) is 13.1 Å². The Morgan fingerprint density at radius 1 is 1.20 bits per heavy atom. The maximum Gasteiger partial charge on any atom is 0.244 e. The lowest BCUT2D eigenvalue weighted by Gasteiger charge is -2.13. The lowest BCUT2D eigenvalue weighted by molar-refractivity contribution is 0.492. The summed E-state index contributed by atoms with van der Waals surface area (Å²) in [6, 6.07) is 0.0709. The zero-order valence-electron chi connectivity index (χ0n) is 12.5. The van der Waals surface area contributed by atoms with Crippen molar-refractivity contribution in [2.24, 2.45) is 0 Å². The molecule has 0 aliphatic heterocycles. The van der Waals surface area contributed by atoms with E-state index < -0.39 is 10.0 Å². The summed E-state index contributed by atoms with van der Waals surface area (Å²) in [7, 11) is -3.50. The fourth-order valence-corrected chi connectivity index (χ4v) is 4.59. The minimum atomic E-state index is -3.50. The van der Waals surface area contributed by atoms with Crippen LogP contribution in [0.4, 0.5) is 0 Å². The molecule has 0 spiro atoms. The van der Waals surface area contributed by atoms with Gasteiger partial charge in [0, 0.05) is 18.2 Å². The molecule has 0 amide bonds. The number of aryl methyl sites for hydroxylation is 2. The fourth-order valence-electron chi connectivity index (χ4n) is 2.84. The lowest BCUT2D eigenvalue weighted by atomic mass is 10.2. The van der Waals surface area contributed by atoms with E-state index in [-0.39, 0.29) is 6.04 Å². The molecule has 1 aliphatic carbocycles. The quantitative estimate of drug-likeness (QED) is 0.845. The molecule has 1 aliphatic rings. The molecule has 114 valence electrons. The Morgan fingerprint density at radius 2 is 1.85 bits per heavy atom. The van der Waals surface area contributed by atoms with Crippen LogP contribution in [0.15, 0.2) is 9.31 Å². The van der Waals surface area contributed by atoms with Crippen molar-refractivity contribution in [3.63, 3.8) is 0 Å². The zero-order valence-corrected chi connectivity index (χ0v) is 13.3. The fraction of sp³-hybridized carbons (Fsp3) is 0.714. The molecule has 2 rings (SSSR count). The van der Waals surface area contributed by atoms with Crippen molar-refractivity contribution in [2.75, 3.05) is 6.54 Å². The Morgan fingerprint density at radius 3 is 2.45 bits per heavy atom. The van der Waals surface area contributed by atoms with Crippen molar-refractivity contribution < 1.29 is 12.8 Å². The van der Waals surface area contributed by atoms with Crippen molar-refractivity contribution in [2.45, 2.75) is 63.9 Å². The largest absolute Gasteiger partial charge is 0.465 e. The third-order valence-corrected chi connectivity index (χ3v) is 5.54. The number of hydrogen-bond donors (Lipinski definition) is 2. The van der Waals surface area contributed by atoms with E-state index in [1.165, 1.54) is 0 Å². The van der Waals surface area contributed by atoms with E-state index in [0.29, 0.717) is 23.0 Å². The minimum Gasteiger partial charge on any atom is -0.465 e. The van der Waals surface area contributed by atoms with Gasteiger partial charge in [-0.2, -0.15) is 0 Å². The van der Waals surface area contributed by atoms with Gasteiger partial charge in [0.25, 0.3) is 0 Å². The first kappa shape index (κ1) is 15.5. The van der Waals surface area contributed by atoms with Crippen LogP contribution < -0.4 is 10.0 Å². The average molecular weight is 300 g/mol. The van der Waals surface area contributed by atoms with E-state index in [1.807, 2.05) is 13.8 Å². The molecule has 1 aromatic rings.